The van der Waals surface area contributed by atoms with E-state index in [0.29, 0.717) is 11.9 Å². The maximum Gasteiger partial charge on any atom is 0.227 e. The molecule has 1 saturated carbocycles. The molecule has 3 aliphatic rings. The van der Waals surface area contributed by atoms with Gasteiger partial charge in [0.15, 0.2) is 0 Å². The molecule has 3 unspecified atom stereocenters. The lowest BCUT2D eigenvalue weighted by Crippen LogP contribution is -2.52. The van der Waals surface area contributed by atoms with Crippen molar-refractivity contribution in [1.82, 2.24) is 9.80 Å². The van der Waals surface area contributed by atoms with Crippen LogP contribution in [0.2, 0.25) is 0 Å². The van der Waals surface area contributed by atoms with Crippen molar-refractivity contribution in [3.05, 3.63) is 0 Å². The number of rotatable bonds is 2. The molecule has 1 aliphatic carbocycles. The summed E-state index contributed by atoms with van der Waals surface area (Å²) in [5, 5.41) is 0. The molecule has 3 fully saturated rings. The standard InChI is InChI=1S/C17H31N3O/c18-16-9-5-8-15(16)17(21)20-12-6-7-14(13-20)19-10-3-1-2-4-11-19/h14-16H,1-13,18H2. The zero-order valence-corrected chi connectivity index (χ0v) is 13.3. The van der Waals surface area contributed by atoms with E-state index in [9.17, 15) is 4.79 Å². The molecule has 0 aromatic heterocycles. The van der Waals surface area contributed by atoms with E-state index in [-0.39, 0.29) is 12.0 Å². The lowest BCUT2D eigenvalue weighted by molar-refractivity contribution is -0.137. The fourth-order valence-electron chi connectivity index (χ4n) is 4.44. The Morgan fingerprint density at radius 3 is 2.29 bits per heavy atom. The molecule has 3 rings (SSSR count). The van der Waals surface area contributed by atoms with Crippen LogP contribution in [0, 0.1) is 5.92 Å². The third kappa shape index (κ3) is 3.59. The van der Waals surface area contributed by atoms with Gasteiger partial charge in [-0.2, -0.15) is 0 Å². The summed E-state index contributed by atoms with van der Waals surface area (Å²) in [6, 6.07) is 0.703. The molecule has 2 aliphatic heterocycles. The van der Waals surface area contributed by atoms with Gasteiger partial charge in [0.2, 0.25) is 5.91 Å². The second-order valence-corrected chi connectivity index (χ2v) is 7.23. The quantitative estimate of drug-likeness (QED) is 0.847. The first-order valence-electron chi connectivity index (χ1n) is 9.04. The van der Waals surface area contributed by atoms with Crippen LogP contribution in [0.5, 0.6) is 0 Å². The number of hydrogen-bond donors (Lipinski definition) is 1. The van der Waals surface area contributed by atoms with E-state index < -0.39 is 0 Å². The number of amides is 1. The van der Waals surface area contributed by atoms with Gasteiger partial charge in [-0.1, -0.05) is 19.3 Å². The molecule has 4 nitrogen and oxygen atoms in total. The number of likely N-dealkylation sites (tertiary alicyclic amines) is 2. The summed E-state index contributed by atoms with van der Waals surface area (Å²) < 4.78 is 0. The Bertz CT molecular complexity index is 352. The lowest BCUT2D eigenvalue weighted by Gasteiger charge is -2.40. The van der Waals surface area contributed by atoms with Gasteiger partial charge in [0.1, 0.15) is 0 Å². The first kappa shape index (κ1) is 15.3. The van der Waals surface area contributed by atoms with E-state index in [2.05, 4.69) is 9.80 Å². The van der Waals surface area contributed by atoms with Gasteiger partial charge in [0.05, 0.1) is 5.92 Å². The summed E-state index contributed by atoms with van der Waals surface area (Å²) >= 11 is 0. The minimum atomic E-state index is 0.105. The Labute approximate surface area is 129 Å². The fraction of sp³-hybridized carbons (Fsp3) is 0.941. The highest BCUT2D eigenvalue weighted by Gasteiger charge is 2.36. The number of piperidine rings is 1. The van der Waals surface area contributed by atoms with Crippen molar-refractivity contribution in [3.63, 3.8) is 0 Å². The monoisotopic (exact) mass is 293 g/mol. The minimum Gasteiger partial charge on any atom is -0.341 e. The van der Waals surface area contributed by atoms with Gasteiger partial charge in [0.25, 0.3) is 0 Å². The highest BCUT2D eigenvalue weighted by molar-refractivity contribution is 5.80. The first-order valence-corrected chi connectivity index (χ1v) is 9.04. The maximum atomic E-state index is 12.7. The average Bonchev–Trinajstić information content (AvgIpc) is 2.78. The SMILES string of the molecule is NC1CCCC1C(=O)N1CCCC(N2CCCCCC2)C1. The summed E-state index contributed by atoms with van der Waals surface area (Å²) in [5.74, 6) is 0.451. The van der Waals surface area contributed by atoms with E-state index >= 15 is 0 Å². The molecule has 120 valence electrons. The number of nitrogens with two attached hydrogens (primary N) is 1. The van der Waals surface area contributed by atoms with Crippen LogP contribution in [0.25, 0.3) is 0 Å². The summed E-state index contributed by atoms with van der Waals surface area (Å²) in [4.78, 5) is 17.5. The topological polar surface area (TPSA) is 49.6 Å². The molecule has 1 amide bonds. The van der Waals surface area contributed by atoms with Crippen molar-refractivity contribution in [2.24, 2.45) is 11.7 Å². The van der Waals surface area contributed by atoms with Gasteiger partial charge in [-0.25, -0.2) is 0 Å². The van der Waals surface area contributed by atoms with E-state index in [1.165, 1.54) is 45.2 Å². The van der Waals surface area contributed by atoms with Gasteiger partial charge in [-0.15, -0.1) is 0 Å². The lowest BCUT2D eigenvalue weighted by atomic mass is 9.98. The number of carbonyl (C=O) groups excluding carboxylic acids is 1. The summed E-state index contributed by atoms with van der Waals surface area (Å²) in [7, 11) is 0. The average molecular weight is 293 g/mol. The predicted molar refractivity (Wildman–Crippen MR) is 85.0 cm³/mol. The fourth-order valence-corrected chi connectivity index (χ4v) is 4.44. The molecule has 2 heterocycles. The van der Waals surface area contributed by atoms with Crippen LogP contribution in [-0.2, 0) is 4.79 Å². The van der Waals surface area contributed by atoms with Crippen molar-refractivity contribution in [3.8, 4) is 0 Å². The molecule has 2 N–H and O–H groups in total. The zero-order chi connectivity index (χ0) is 14.7. The molecule has 0 radical (unpaired) electrons. The molecule has 0 aromatic carbocycles. The Morgan fingerprint density at radius 1 is 0.857 bits per heavy atom. The highest BCUT2D eigenvalue weighted by Crippen LogP contribution is 2.28. The molecular formula is C17H31N3O. The molecule has 2 saturated heterocycles. The van der Waals surface area contributed by atoms with Crippen molar-refractivity contribution >= 4 is 5.91 Å². The summed E-state index contributed by atoms with van der Waals surface area (Å²) in [5.41, 5.74) is 6.13. The second-order valence-electron chi connectivity index (χ2n) is 7.23. The zero-order valence-electron chi connectivity index (χ0n) is 13.3. The van der Waals surface area contributed by atoms with Gasteiger partial charge >= 0.3 is 0 Å². The Kier molecular flexibility index (Phi) is 5.17. The number of nitrogens with zero attached hydrogens (tertiary/aromatic N) is 2. The van der Waals surface area contributed by atoms with Crippen LogP contribution in [0.4, 0.5) is 0 Å². The smallest absolute Gasteiger partial charge is 0.227 e. The second kappa shape index (κ2) is 7.10. The summed E-state index contributed by atoms with van der Waals surface area (Å²) in [6.07, 6.45) is 11.0. The maximum absolute atomic E-state index is 12.7. The molecule has 0 aromatic rings. The van der Waals surface area contributed by atoms with Crippen molar-refractivity contribution in [1.29, 1.82) is 0 Å². The molecule has 4 heteroatoms. The largest absolute Gasteiger partial charge is 0.341 e. The third-order valence-electron chi connectivity index (χ3n) is 5.75. The Morgan fingerprint density at radius 2 is 1.62 bits per heavy atom. The van der Waals surface area contributed by atoms with Crippen LogP contribution in [0.1, 0.15) is 57.8 Å². The van der Waals surface area contributed by atoms with E-state index in [0.717, 1.165) is 38.8 Å². The molecular weight excluding hydrogens is 262 g/mol. The van der Waals surface area contributed by atoms with Gasteiger partial charge in [-0.05, 0) is 51.6 Å². The van der Waals surface area contributed by atoms with Crippen LogP contribution in [0.3, 0.4) is 0 Å². The molecule has 21 heavy (non-hydrogen) atoms. The highest BCUT2D eigenvalue weighted by atomic mass is 16.2. The molecule has 0 bridgehead atoms. The van der Waals surface area contributed by atoms with E-state index in [1.54, 1.807) is 0 Å². The van der Waals surface area contributed by atoms with Crippen LogP contribution in [-0.4, -0.2) is 54.0 Å². The molecule has 3 atom stereocenters. The van der Waals surface area contributed by atoms with Crippen molar-refractivity contribution in [2.45, 2.75) is 69.9 Å². The van der Waals surface area contributed by atoms with Crippen molar-refractivity contribution in [2.75, 3.05) is 26.2 Å². The minimum absolute atomic E-state index is 0.105. The number of carbonyl (C=O) groups is 1. The predicted octanol–water partition coefficient (Wildman–Crippen LogP) is 1.98. The third-order valence-corrected chi connectivity index (χ3v) is 5.75. The van der Waals surface area contributed by atoms with Crippen LogP contribution in [0.15, 0.2) is 0 Å². The van der Waals surface area contributed by atoms with Crippen LogP contribution < -0.4 is 5.73 Å². The van der Waals surface area contributed by atoms with Gasteiger partial charge in [-0.3, -0.25) is 9.69 Å². The first-order chi connectivity index (χ1) is 10.3. The summed E-state index contributed by atoms with van der Waals surface area (Å²) in [6.45, 7) is 4.36. The Hall–Kier alpha value is -0.610. The number of hydrogen-bond acceptors (Lipinski definition) is 3. The Balaban J connectivity index is 1.58. The van der Waals surface area contributed by atoms with E-state index in [4.69, 9.17) is 5.73 Å². The van der Waals surface area contributed by atoms with E-state index in [1.807, 2.05) is 0 Å². The molecule has 0 spiro atoms. The van der Waals surface area contributed by atoms with Crippen molar-refractivity contribution < 1.29 is 4.79 Å². The normalized spacial score (nSPS) is 35.7. The van der Waals surface area contributed by atoms with Gasteiger partial charge < -0.3 is 10.6 Å². The van der Waals surface area contributed by atoms with Crippen LogP contribution >= 0.6 is 0 Å². The van der Waals surface area contributed by atoms with Gasteiger partial charge in [0, 0.05) is 25.2 Å².